The predicted octanol–water partition coefficient (Wildman–Crippen LogP) is -1.25. The van der Waals surface area contributed by atoms with Crippen LogP contribution in [0.1, 0.15) is 0 Å². The van der Waals surface area contributed by atoms with Gasteiger partial charge in [-0.2, -0.15) is 0 Å². The number of thiol groups is 1. The minimum atomic E-state index is -2.29. The van der Waals surface area contributed by atoms with E-state index in [0.29, 0.717) is 0 Å². The molecule has 0 aromatic rings. The molecule has 0 amide bonds. The Morgan fingerprint density at radius 1 is 1.80 bits per heavy atom. The Morgan fingerprint density at radius 2 is 1.80 bits per heavy atom. The van der Waals surface area contributed by atoms with Crippen LogP contribution >= 0.6 is 0 Å². The summed E-state index contributed by atoms with van der Waals surface area (Å²) in [5, 5.41) is 0. The third-order valence-electron chi connectivity index (χ3n) is 0. The number of rotatable bonds is 0. The van der Waals surface area contributed by atoms with Crippen molar-refractivity contribution in [3.63, 3.8) is 0 Å². The van der Waals surface area contributed by atoms with Gasteiger partial charge in [-0.3, -0.25) is 0 Å². The van der Waals surface area contributed by atoms with Gasteiger partial charge >= 0.3 is 18.9 Å². The molecule has 28 valence electrons. The van der Waals surface area contributed by atoms with E-state index >= 15 is 0 Å². The summed E-state index contributed by atoms with van der Waals surface area (Å²) in [5.41, 5.74) is 0. The summed E-state index contributed by atoms with van der Waals surface area (Å²) < 4.78 is 16.3. The molecule has 0 aliphatic carbocycles. The monoisotopic (exact) mass is 106 g/mol. The molecule has 0 aliphatic rings. The molecule has 0 aliphatic heterocycles. The molecule has 0 aromatic carbocycles. The Hall–Kier alpha value is 0.927. The second kappa shape index (κ2) is 4.93. The molecule has 0 radical (unpaired) electrons. The van der Waals surface area contributed by atoms with E-state index < -0.39 is 9.64 Å². The van der Waals surface area contributed by atoms with E-state index in [-0.39, 0.29) is 18.9 Å². The van der Waals surface area contributed by atoms with Gasteiger partial charge in [0.1, 0.15) is 9.64 Å². The fourth-order valence-electron chi connectivity index (χ4n) is 0. The maximum absolute atomic E-state index is 8.96. The second-order valence-electron chi connectivity index (χ2n) is 0.238. The van der Waals surface area contributed by atoms with Gasteiger partial charge in [-0.25, -0.2) is 4.21 Å². The van der Waals surface area contributed by atoms with Gasteiger partial charge in [-0.05, 0) is 0 Å². The zero-order valence-corrected chi connectivity index (χ0v) is 3.42. The molecule has 0 fully saturated rings. The number of hydrogen-bond acceptors (Lipinski definition) is 2. The Balaban J connectivity index is 0. The van der Waals surface area contributed by atoms with E-state index in [1.54, 1.807) is 0 Å². The summed E-state index contributed by atoms with van der Waals surface area (Å²) in [6.07, 6.45) is 0. The van der Waals surface area contributed by atoms with Crippen LogP contribution in [-0.2, 0) is 20.8 Å². The molecule has 0 heterocycles. The van der Waals surface area contributed by atoms with Crippen molar-refractivity contribution in [2.75, 3.05) is 0 Å². The van der Waals surface area contributed by atoms with E-state index in [9.17, 15) is 0 Å². The van der Waals surface area contributed by atoms with Crippen molar-refractivity contribution in [2.45, 2.75) is 0 Å². The Labute approximate surface area is 48.7 Å². The van der Waals surface area contributed by atoms with Crippen molar-refractivity contribution in [2.24, 2.45) is 0 Å². The van der Waals surface area contributed by atoms with Crippen molar-refractivity contribution in [1.82, 2.24) is 0 Å². The Morgan fingerprint density at radius 3 is 1.80 bits per heavy atom. The number of hydrogen-bond donors (Lipinski definition) is 2. The second-order valence-corrected chi connectivity index (χ2v) is 1.65. The van der Waals surface area contributed by atoms with E-state index in [1.807, 2.05) is 0 Å². The van der Waals surface area contributed by atoms with Gasteiger partial charge in [0.05, 0.1) is 0 Å². The summed E-state index contributed by atoms with van der Waals surface area (Å²) in [6.45, 7) is 0. The molecular weight excluding hydrogens is 103 g/mol. The van der Waals surface area contributed by atoms with Crippen LogP contribution in [0, 0.1) is 0 Å². The van der Waals surface area contributed by atoms with Crippen LogP contribution in [-0.4, -0.2) is 27.6 Å². The molecule has 1 N–H and O–H groups in total. The van der Waals surface area contributed by atoms with Crippen LogP contribution in [0.15, 0.2) is 0 Å². The average molecular weight is 106 g/mol. The van der Waals surface area contributed by atoms with Crippen LogP contribution in [0.4, 0.5) is 0 Å². The van der Waals surface area contributed by atoms with Gasteiger partial charge < -0.3 is 4.55 Å². The standard InChI is InChI=1S/Li.H2O2S2.H/c;1-4(2)3;/h;4H,(H,1,2,3);. The van der Waals surface area contributed by atoms with E-state index in [1.165, 1.54) is 0 Å². The summed E-state index contributed by atoms with van der Waals surface area (Å²) >= 11 is 3.69. The molecule has 0 bridgehead atoms. The van der Waals surface area contributed by atoms with Crippen molar-refractivity contribution in [3.05, 3.63) is 0 Å². The zero-order chi connectivity index (χ0) is 3.58. The van der Waals surface area contributed by atoms with E-state index in [4.69, 9.17) is 8.76 Å². The molecule has 5 heteroatoms. The molecule has 1 atom stereocenters. The van der Waals surface area contributed by atoms with Gasteiger partial charge in [-0.1, -0.05) is 0 Å². The molecule has 0 spiro atoms. The quantitative estimate of drug-likeness (QED) is 0.299. The van der Waals surface area contributed by atoms with Crippen LogP contribution in [0.2, 0.25) is 0 Å². The zero-order valence-electron chi connectivity index (χ0n) is 1.71. The van der Waals surface area contributed by atoms with Crippen molar-refractivity contribution >= 4 is 39.7 Å². The molecular formula is H3LiO2S2. The van der Waals surface area contributed by atoms with Crippen LogP contribution in [0.25, 0.3) is 0 Å². The first-order chi connectivity index (χ1) is 1.73. The third kappa shape index (κ3) is 49.1. The first kappa shape index (κ1) is 9.33. The van der Waals surface area contributed by atoms with Crippen molar-refractivity contribution in [1.29, 1.82) is 0 Å². The maximum atomic E-state index is 8.96. The fourth-order valence-corrected chi connectivity index (χ4v) is 0. The topological polar surface area (TPSA) is 37.3 Å². The van der Waals surface area contributed by atoms with Crippen molar-refractivity contribution < 1.29 is 8.76 Å². The van der Waals surface area contributed by atoms with Crippen LogP contribution in [0.5, 0.6) is 0 Å². The molecule has 5 heavy (non-hydrogen) atoms. The summed E-state index contributed by atoms with van der Waals surface area (Å²) in [4.78, 5) is 0. The normalized spacial score (nSPS) is 12.2. The Kier molecular flexibility index (Phi) is 9.19. The molecule has 2 nitrogen and oxygen atoms in total. The average Bonchev–Trinajstić information content (AvgIpc) is 0.811. The van der Waals surface area contributed by atoms with E-state index in [2.05, 4.69) is 11.2 Å². The first-order valence-corrected chi connectivity index (χ1v) is 2.79. The predicted molar refractivity (Wildman–Crippen MR) is 26.7 cm³/mol. The fraction of sp³-hybridized carbons (Fsp3) is 0. The first-order valence-electron chi connectivity index (χ1n) is 0.565. The molecule has 0 rings (SSSR count). The van der Waals surface area contributed by atoms with Crippen LogP contribution in [0.3, 0.4) is 0 Å². The summed E-state index contributed by atoms with van der Waals surface area (Å²) in [5.74, 6) is 0. The molecule has 0 aromatic heterocycles. The van der Waals surface area contributed by atoms with Gasteiger partial charge in [0.15, 0.2) is 0 Å². The molecule has 0 saturated heterocycles. The summed E-state index contributed by atoms with van der Waals surface area (Å²) in [7, 11) is -2.29. The van der Waals surface area contributed by atoms with Gasteiger partial charge in [0, 0.05) is 11.2 Å². The van der Waals surface area contributed by atoms with Gasteiger partial charge in [-0.15, -0.1) is 0 Å². The van der Waals surface area contributed by atoms with Gasteiger partial charge in [0.2, 0.25) is 0 Å². The minimum absolute atomic E-state index is 0. The SMILES string of the molecule is O=[SH](O)=S.[LiH]. The van der Waals surface area contributed by atoms with E-state index in [0.717, 1.165) is 0 Å². The van der Waals surface area contributed by atoms with Gasteiger partial charge in [0.25, 0.3) is 0 Å². The third-order valence-corrected chi connectivity index (χ3v) is 0. The Bertz CT molecular complexity index is 56.0. The molecule has 1 unspecified atom stereocenters. The van der Waals surface area contributed by atoms with Crippen LogP contribution < -0.4 is 0 Å². The van der Waals surface area contributed by atoms with Crippen molar-refractivity contribution in [3.8, 4) is 0 Å². The molecule has 0 saturated carbocycles. The summed E-state index contributed by atoms with van der Waals surface area (Å²) in [6, 6.07) is 0.